The normalized spacial score (nSPS) is 17.3. The largest absolute Gasteiger partial charge is 0.490 e. The van der Waals surface area contributed by atoms with Crippen LogP contribution in [0, 0.1) is 24.7 Å². The highest BCUT2D eigenvalue weighted by atomic mass is 16.7. The molecule has 55 heavy (non-hydrogen) atoms. The van der Waals surface area contributed by atoms with Crippen molar-refractivity contribution in [2.75, 3.05) is 33.0 Å². The standard InChI is InChI=1S/C45H51NO9/c1-4-50-41(30-36-22-26-39(27-23-36)51-28-12-6-9-16-34-14-7-5-8-15-34)43(47)52-29-13-18-35-20-24-38(25-21-35)42-46-40(33(2)55-42)19-11-10-17-37-31-53-45(3,44(48)49)54-32-37/h5-8,12,14-15,20-27,37,41H,4,10-11,13,17-19,28-32H2,1-3H3,(H,48,49)/b12-6+/t37-,41-,45+/m0/s1. The molecule has 2 heterocycles. The Morgan fingerprint density at radius 2 is 1.69 bits per heavy atom. The fourth-order valence-corrected chi connectivity index (χ4v) is 6.04. The Morgan fingerprint density at radius 1 is 0.964 bits per heavy atom. The van der Waals surface area contributed by atoms with Gasteiger partial charge in [0.25, 0.3) is 5.79 Å². The highest BCUT2D eigenvalue weighted by Gasteiger charge is 2.40. The molecule has 0 unspecified atom stereocenters. The molecule has 1 aromatic heterocycles. The molecule has 10 nitrogen and oxygen atoms in total. The van der Waals surface area contributed by atoms with E-state index in [4.69, 9.17) is 33.1 Å². The summed E-state index contributed by atoms with van der Waals surface area (Å²) in [7, 11) is 0. The first-order valence-electron chi connectivity index (χ1n) is 19.0. The number of carboxylic acid groups (broad SMARTS) is 1. The molecule has 4 aromatic rings. The molecule has 1 saturated heterocycles. The summed E-state index contributed by atoms with van der Waals surface area (Å²) in [5.41, 5.74) is 4.89. The zero-order valence-electron chi connectivity index (χ0n) is 32.0. The monoisotopic (exact) mass is 749 g/mol. The van der Waals surface area contributed by atoms with Gasteiger partial charge in [0, 0.05) is 37.0 Å². The third-order valence-electron chi connectivity index (χ3n) is 9.31. The Kier molecular flexibility index (Phi) is 15.7. The van der Waals surface area contributed by atoms with Crippen LogP contribution < -0.4 is 4.74 Å². The summed E-state index contributed by atoms with van der Waals surface area (Å²) in [6.45, 7) is 7.11. The average Bonchev–Trinajstić information content (AvgIpc) is 3.57. The summed E-state index contributed by atoms with van der Waals surface area (Å²) in [5, 5.41) is 9.23. The lowest BCUT2D eigenvalue weighted by atomic mass is 10.0. The maximum atomic E-state index is 12.9. The number of carboxylic acids is 1. The molecule has 0 amide bonds. The van der Waals surface area contributed by atoms with Crippen molar-refractivity contribution in [3.05, 3.63) is 119 Å². The van der Waals surface area contributed by atoms with E-state index in [0.717, 1.165) is 71.6 Å². The number of rotatable bonds is 19. The molecule has 0 saturated carbocycles. The minimum Gasteiger partial charge on any atom is -0.490 e. The first-order chi connectivity index (χ1) is 26.7. The lowest BCUT2D eigenvalue weighted by Gasteiger charge is -2.34. The van der Waals surface area contributed by atoms with E-state index in [0.29, 0.717) is 51.8 Å². The van der Waals surface area contributed by atoms with Gasteiger partial charge in [-0.3, -0.25) is 0 Å². The zero-order chi connectivity index (χ0) is 38.9. The maximum Gasteiger partial charge on any atom is 0.364 e. The molecule has 1 aliphatic rings. The van der Waals surface area contributed by atoms with E-state index in [1.54, 1.807) is 6.08 Å². The van der Waals surface area contributed by atoms with E-state index in [-0.39, 0.29) is 11.9 Å². The minimum atomic E-state index is -1.54. The Morgan fingerprint density at radius 3 is 2.40 bits per heavy atom. The van der Waals surface area contributed by atoms with Crippen LogP contribution in [-0.2, 0) is 47.8 Å². The van der Waals surface area contributed by atoms with Gasteiger partial charge in [-0.25, -0.2) is 14.6 Å². The second-order valence-electron chi connectivity index (χ2n) is 13.6. The number of aromatic nitrogens is 1. The van der Waals surface area contributed by atoms with Crippen molar-refractivity contribution in [3.8, 4) is 29.0 Å². The van der Waals surface area contributed by atoms with Crippen LogP contribution in [0.3, 0.4) is 0 Å². The number of allylic oxidation sites excluding steroid dienone is 1. The number of ether oxygens (including phenoxy) is 5. The van der Waals surface area contributed by atoms with Crippen molar-refractivity contribution in [1.82, 2.24) is 4.98 Å². The number of oxazole rings is 1. The Balaban J connectivity index is 0.983. The molecular formula is C45H51NO9. The Bertz CT molecular complexity index is 1880. The van der Waals surface area contributed by atoms with Crippen molar-refractivity contribution in [2.45, 2.75) is 77.6 Å². The summed E-state index contributed by atoms with van der Waals surface area (Å²) in [4.78, 5) is 29.0. The van der Waals surface area contributed by atoms with Crippen LogP contribution >= 0.6 is 0 Å². The summed E-state index contributed by atoms with van der Waals surface area (Å²) in [5.74, 6) is 5.39. The van der Waals surface area contributed by atoms with Crippen LogP contribution in [-0.4, -0.2) is 67.0 Å². The number of carbonyl (C=O) groups is 2. The molecule has 0 spiro atoms. The van der Waals surface area contributed by atoms with Crippen molar-refractivity contribution in [3.63, 3.8) is 0 Å². The van der Waals surface area contributed by atoms with Gasteiger partial charge in [0.15, 0.2) is 6.10 Å². The van der Waals surface area contributed by atoms with Crippen LogP contribution in [0.2, 0.25) is 0 Å². The molecule has 1 N–H and O–H groups in total. The maximum absolute atomic E-state index is 12.9. The summed E-state index contributed by atoms with van der Waals surface area (Å²) in [6.07, 6.45) is 8.39. The van der Waals surface area contributed by atoms with E-state index < -0.39 is 17.9 Å². The summed E-state index contributed by atoms with van der Waals surface area (Å²) < 4.78 is 34.1. The fraction of sp³-hybridized carbons (Fsp3) is 0.400. The van der Waals surface area contributed by atoms with E-state index in [2.05, 4.69) is 11.8 Å². The first-order valence-corrected chi connectivity index (χ1v) is 19.0. The third kappa shape index (κ3) is 13.0. The number of carbonyl (C=O) groups excluding carboxylic acids is 1. The molecule has 1 aliphatic heterocycles. The molecule has 10 heteroatoms. The number of benzene rings is 3. The summed E-state index contributed by atoms with van der Waals surface area (Å²) >= 11 is 0. The SMILES string of the molecule is CCO[C@@H](Cc1ccc(OC/C=C/C#Cc2ccccc2)cc1)C(=O)OCCCc1ccc(-c2nc(CCCC[C@H]3CO[C@@](C)(C(=O)O)OC3)c(C)o2)cc1. The minimum absolute atomic E-state index is 0.181. The van der Waals surface area contributed by atoms with E-state index in [1.165, 1.54) is 6.92 Å². The zero-order valence-corrected chi connectivity index (χ0v) is 32.0. The van der Waals surface area contributed by atoms with Gasteiger partial charge in [-0.1, -0.05) is 60.7 Å². The number of hydrogen-bond donors (Lipinski definition) is 1. The second-order valence-corrected chi connectivity index (χ2v) is 13.6. The number of unbranched alkanes of at least 4 members (excludes halogenated alkanes) is 1. The number of aryl methyl sites for hydroxylation is 3. The van der Waals surface area contributed by atoms with Crippen LogP contribution in [0.15, 0.2) is 95.4 Å². The highest BCUT2D eigenvalue weighted by Crippen LogP contribution is 2.27. The Labute approximate surface area is 323 Å². The Hall–Kier alpha value is -5.21. The molecule has 0 bridgehead atoms. The lowest BCUT2D eigenvalue weighted by molar-refractivity contribution is -0.271. The van der Waals surface area contributed by atoms with Gasteiger partial charge in [-0.05, 0) is 106 Å². The fourth-order valence-electron chi connectivity index (χ4n) is 6.04. The third-order valence-corrected chi connectivity index (χ3v) is 9.31. The molecule has 0 radical (unpaired) electrons. The van der Waals surface area contributed by atoms with Crippen LogP contribution in [0.25, 0.3) is 11.5 Å². The van der Waals surface area contributed by atoms with Crippen molar-refractivity contribution in [2.24, 2.45) is 5.92 Å². The molecule has 1 atom stereocenters. The lowest BCUT2D eigenvalue weighted by Crippen LogP contribution is -2.47. The summed E-state index contributed by atoms with van der Waals surface area (Å²) in [6, 6.07) is 25.6. The molecule has 3 aromatic carbocycles. The van der Waals surface area contributed by atoms with Gasteiger partial charge in [-0.2, -0.15) is 0 Å². The van der Waals surface area contributed by atoms with E-state index in [1.807, 2.05) is 98.8 Å². The average molecular weight is 750 g/mol. The quantitative estimate of drug-likeness (QED) is 0.0574. The van der Waals surface area contributed by atoms with Crippen LogP contribution in [0.5, 0.6) is 5.75 Å². The number of aliphatic carboxylic acids is 1. The molecule has 0 aliphatic carbocycles. The van der Waals surface area contributed by atoms with Crippen molar-refractivity contribution in [1.29, 1.82) is 0 Å². The van der Waals surface area contributed by atoms with Crippen LogP contribution in [0.1, 0.15) is 67.7 Å². The van der Waals surface area contributed by atoms with E-state index in [9.17, 15) is 14.7 Å². The van der Waals surface area contributed by atoms with Gasteiger partial charge in [0.1, 0.15) is 18.1 Å². The van der Waals surface area contributed by atoms with Gasteiger partial charge >= 0.3 is 11.9 Å². The first kappa shape index (κ1) is 41.0. The predicted octanol–water partition coefficient (Wildman–Crippen LogP) is 7.94. The topological polar surface area (TPSA) is 127 Å². The van der Waals surface area contributed by atoms with Gasteiger partial charge in [-0.15, -0.1) is 0 Å². The smallest absolute Gasteiger partial charge is 0.364 e. The number of esters is 1. The van der Waals surface area contributed by atoms with Crippen molar-refractivity contribution >= 4 is 11.9 Å². The van der Waals surface area contributed by atoms with Gasteiger partial charge in [0.2, 0.25) is 5.89 Å². The van der Waals surface area contributed by atoms with E-state index >= 15 is 0 Å². The molecule has 1 fully saturated rings. The predicted molar refractivity (Wildman–Crippen MR) is 208 cm³/mol. The van der Waals surface area contributed by atoms with Crippen molar-refractivity contribution < 1.29 is 42.8 Å². The molecule has 290 valence electrons. The second kappa shape index (κ2) is 21.0. The number of hydrogen-bond acceptors (Lipinski definition) is 9. The van der Waals surface area contributed by atoms with Crippen LogP contribution in [0.4, 0.5) is 0 Å². The van der Waals surface area contributed by atoms with Gasteiger partial charge in [0.05, 0.1) is 25.5 Å². The number of nitrogens with zero attached hydrogens (tertiary/aromatic N) is 1. The highest BCUT2D eigenvalue weighted by molar-refractivity contribution is 5.75. The molecular weight excluding hydrogens is 698 g/mol. The van der Waals surface area contributed by atoms with Gasteiger partial charge < -0.3 is 33.2 Å². The molecule has 5 rings (SSSR count).